The molecule has 4 rings (SSSR count). The molecule has 3 aromatic rings. The van der Waals surface area contributed by atoms with Crippen LogP contribution in [0, 0.1) is 10.1 Å². The van der Waals surface area contributed by atoms with Crippen molar-refractivity contribution < 1.29 is 14.2 Å². The number of hydrogen-bond donors (Lipinski definition) is 1. The van der Waals surface area contributed by atoms with Crippen LogP contribution >= 0.6 is 0 Å². The van der Waals surface area contributed by atoms with Gasteiger partial charge in [-0.1, -0.05) is 41.6 Å². The molecule has 1 saturated heterocycles. The van der Waals surface area contributed by atoms with Crippen LogP contribution in [0.15, 0.2) is 59.1 Å². The van der Waals surface area contributed by atoms with E-state index in [2.05, 4.69) is 25.3 Å². The average Bonchev–Trinajstić information content (AvgIpc) is 3.34. The first-order valence-corrected chi connectivity index (χ1v) is 10.8. The first kappa shape index (κ1) is 22.6. The van der Waals surface area contributed by atoms with E-state index in [-0.39, 0.29) is 23.7 Å². The van der Waals surface area contributed by atoms with Gasteiger partial charge in [0, 0.05) is 49.6 Å². The van der Waals surface area contributed by atoms with Gasteiger partial charge in [0.15, 0.2) is 0 Å². The van der Waals surface area contributed by atoms with Gasteiger partial charge in [0.1, 0.15) is 0 Å². The highest BCUT2D eigenvalue weighted by atomic mass is 16.6. The van der Waals surface area contributed by atoms with Crippen LogP contribution in [0.4, 0.5) is 11.4 Å². The molecule has 0 bridgehead atoms. The van der Waals surface area contributed by atoms with Gasteiger partial charge >= 0.3 is 0 Å². The van der Waals surface area contributed by atoms with Gasteiger partial charge in [-0.05, 0) is 19.9 Å². The summed E-state index contributed by atoms with van der Waals surface area (Å²) in [5, 5.41) is 17.8. The fourth-order valence-corrected chi connectivity index (χ4v) is 3.89. The second-order valence-electron chi connectivity index (χ2n) is 8.04. The second kappa shape index (κ2) is 9.88. The van der Waals surface area contributed by atoms with Crippen molar-refractivity contribution in [1.29, 1.82) is 0 Å². The molecule has 0 spiro atoms. The summed E-state index contributed by atoms with van der Waals surface area (Å²) in [6, 6.07) is 15.2. The van der Waals surface area contributed by atoms with E-state index >= 15 is 0 Å². The van der Waals surface area contributed by atoms with E-state index < -0.39 is 4.92 Å². The number of aromatic nitrogens is 2. The van der Waals surface area contributed by atoms with Crippen LogP contribution in [-0.2, 0) is 4.79 Å². The largest absolute Gasteiger partial charge is 0.337 e. The Hall–Kier alpha value is -3.63. The van der Waals surface area contributed by atoms with Gasteiger partial charge in [-0.25, -0.2) is 0 Å². The lowest BCUT2D eigenvalue weighted by Crippen LogP contribution is -2.53. The molecule has 0 unspecified atom stereocenters. The first-order valence-electron chi connectivity index (χ1n) is 10.8. The van der Waals surface area contributed by atoms with Crippen LogP contribution in [0.3, 0.4) is 0 Å². The Balaban J connectivity index is 1.32. The molecule has 1 aromatic heterocycles. The van der Waals surface area contributed by atoms with Crippen molar-refractivity contribution in [2.75, 3.05) is 31.5 Å². The number of amides is 1. The molecule has 1 N–H and O–H groups in total. The van der Waals surface area contributed by atoms with Gasteiger partial charge in [0.25, 0.3) is 5.69 Å². The normalized spacial score (nSPS) is 16.8. The number of anilines is 1. The lowest BCUT2D eigenvalue weighted by Gasteiger charge is -2.39. The first-order chi connectivity index (χ1) is 15.9. The minimum absolute atomic E-state index is 0.0360. The molecule has 0 saturated carbocycles. The standard InChI is InChI=1S/C23H26N6O4/c1-16(22(30)24-19-9-6-10-20(15-19)29(31)32)27-11-13-28(14-12-27)17(2)23-25-21(26-33-23)18-7-4-3-5-8-18/h3-10,15-17H,11-14H2,1-2H3,(H,24,30)/t16-,17-/m0/s1. The molecule has 1 fully saturated rings. The fraction of sp³-hybridized carbons (Fsp3) is 0.348. The van der Waals surface area contributed by atoms with Crippen molar-refractivity contribution in [1.82, 2.24) is 19.9 Å². The summed E-state index contributed by atoms with van der Waals surface area (Å²) in [5.74, 6) is 0.947. The number of rotatable bonds is 7. The van der Waals surface area contributed by atoms with Gasteiger partial charge in [-0.3, -0.25) is 24.7 Å². The number of hydrogen-bond acceptors (Lipinski definition) is 8. The van der Waals surface area contributed by atoms with Gasteiger partial charge in [0.05, 0.1) is 17.0 Å². The molecule has 33 heavy (non-hydrogen) atoms. The topological polar surface area (TPSA) is 118 Å². The predicted octanol–water partition coefficient (Wildman–Crippen LogP) is 3.35. The maximum absolute atomic E-state index is 12.7. The van der Waals surface area contributed by atoms with Crippen molar-refractivity contribution in [3.63, 3.8) is 0 Å². The van der Waals surface area contributed by atoms with Crippen LogP contribution in [0.5, 0.6) is 0 Å². The molecular weight excluding hydrogens is 424 g/mol. The third-order valence-electron chi connectivity index (χ3n) is 5.98. The van der Waals surface area contributed by atoms with E-state index in [1.165, 1.54) is 12.1 Å². The number of nitrogens with zero attached hydrogens (tertiary/aromatic N) is 5. The number of benzene rings is 2. The average molecular weight is 450 g/mol. The van der Waals surface area contributed by atoms with Crippen LogP contribution in [0.2, 0.25) is 0 Å². The molecular formula is C23H26N6O4. The Morgan fingerprint density at radius 1 is 1.06 bits per heavy atom. The molecule has 10 heteroatoms. The van der Waals surface area contributed by atoms with Crippen LogP contribution in [0.25, 0.3) is 11.4 Å². The highest BCUT2D eigenvalue weighted by Crippen LogP contribution is 2.24. The van der Waals surface area contributed by atoms with Gasteiger partial charge in [-0.15, -0.1) is 0 Å². The van der Waals surface area contributed by atoms with Crippen molar-refractivity contribution >= 4 is 17.3 Å². The highest BCUT2D eigenvalue weighted by Gasteiger charge is 2.30. The Kier molecular flexibility index (Phi) is 6.76. The molecule has 1 aliphatic rings. The summed E-state index contributed by atoms with van der Waals surface area (Å²) in [5.41, 5.74) is 1.27. The number of nitro benzene ring substituents is 1. The summed E-state index contributed by atoms with van der Waals surface area (Å²) >= 11 is 0. The monoisotopic (exact) mass is 450 g/mol. The molecule has 1 amide bonds. The van der Waals surface area contributed by atoms with Crippen LogP contribution in [-0.4, -0.2) is 63.0 Å². The molecule has 2 aromatic carbocycles. The number of carbonyl (C=O) groups is 1. The summed E-state index contributed by atoms with van der Waals surface area (Å²) in [6.07, 6.45) is 0. The molecule has 0 aliphatic carbocycles. The Morgan fingerprint density at radius 2 is 1.76 bits per heavy atom. The summed E-state index contributed by atoms with van der Waals surface area (Å²) in [6.45, 7) is 6.78. The van der Waals surface area contributed by atoms with E-state index in [1.807, 2.05) is 44.2 Å². The zero-order valence-electron chi connectivity index (χ0n) is 18.5. The quantitative estimate of drug-likeness (QED) is 0.430. The van der Waals surface area contributed by atoms with E-state index in [4.69, 9.17) is 4.52 Å². The van der Waals surface area contributed by atoms with E-state index in [0.29, 0.717) is 30.5 Å². The van der Waals surface area contributed by atoms with Crippen LogP contribution in [0.1, 0.15) is 25.8 Å². The SMILES string of the molecule is C[C@@H](C(=O)Nc1cccc([N+](=O)[O-])c1)N1CCN([C@@H](C)c2nc(-c3ccccc3)no2)CC1. The zero-order valence-corrected chi connectivity index (χ0v) is 18.5. The van der Waals surface area contributed by atoms with E-state index in [1.54, 1.807) is 12.1 Å². The minimum Gasteiger partial charge on any atom is -0.337 e. The number of piperazine rings is 1. The molecule has 172 valence electrons. The molecule has 1 aliphatic heterocycles. The summed E-state index contributed by atoms with van der Waals surface area (Å²) < 4.78 is 5.51. The lowest BCUT2D eigenvalue weighted by molar-refractivity contribution is -0.384. The molecule has 10 nitrogen and oxygen atoms in total. The minimum atomic E-state index is -0.480. The Labute approximate surface area is 191 Å². The van der Waals surface area contributed by atoms with Crippen molar-refractivity contribution in [2.24, 2.45) is 0 Å². The summed E-state index contributed by atoms with van der Waals surface area (Å²) in [4.78, 5) is 32.1. The maximum Gasteiger partial charge on any atom is 0.271 e. The van der Waals surface area contributed by atoms with Crippen molar-refractivity contribution in [3.05, 3.63) is 70.6 Å². The Morgan fingerprint density at radius 3 is 2.45 bits per heavy atom. The summed E-state index contributed by atoms with van der Waals surface area (Å²) in [7, 11) is 0. The van der Waals surface area contributed by atoms with Gasteiger partial charge in [0.2, 0.25) is 17.6 Å². The van der Waals surface area contributed by atoms with E-state index in [9.17, 15) is 14.9 Å². The molecule has 0 radical (unpaired) electrons. The third-order valence-corrected chi connectivity index (χ3v) is 5.98. The zero-order chi connectivity index (χ0) is 23.4. The third kappa shape index (κ3) is 5.24. The number of non-ortho nitro benzene ring substituents is 1. The highest BCUT2D eigenvalue weighted by molar-refractivity contribution is 5.94. The predicted molar refractivity (Wildman–Crippen MR) is 122 cm³/mol. The molecule has 2 heterocycles. The maximum atomic E-state index is 12.7. The number of carbonyl (C=O) groups excluding carboxylic acids is 1. The smallest absolute Gasteiger partial charge is 0.271 e. The fourth-order valence-electron chi connectivity index (χ4n) is 3.89. The van der Waals surface area contributed by atoms with Gasteiger partial charge < -0.3 is 9.84 Å². The van der Waals surface area contributed by atoms with Crippen molar-refractivity contribution in [2.45, 2.75) is 25.9 Å². The number of nitro groups is 1. The van der Waals surface area contributed by atoms with Crippen molar-refractivity contribution in [3.8, 4) is 11.4 Å². The molecule has 2 atom stereocenters. The second-order valence-corrected chi connectivity index (χ2v) is 8.04. The van der Waals surface area contributed by atoms with Gasteiger partial charge in [-0.2, -0.15) is 4.98 Å². The number of nitrogens with one attached hydrogen (secondary N) is 1. The van der Waals surface area contributed by atoms with Crippen LogP contribution < -0.4 is 5.32 Å². The lowest BCUT2D eigenvalue weighted by atomic mass is 10.1. The van der Waals surface area contributed by atoms with E-state index in [0.717, 1.165) is 18.7 Å². The Bertz CT molecular complexity index is 1110.